The van der Waals surface area contributed by atoms with E-state index < -0.39 is 12.0 Å². The number of carbonyl (C=O) groups excluding carboxylic acids is 2. The molecular weight excluding hydrogens is 416 g/mol. The first-order valence-corrected chi connectivity index (χ1v) is 9.84. The maximum absolute atomic E-state index is 13.3. The zero-order valence-corrected chi connectivity index (χ0v) is 16.3. The highest BCUT2D eigenvalue weighted by Crippen LogP contribution is 2.51. The van der Waals surface area contributed by atoms with Crippen molar-refractivity contribution in [3.63, 3.8) is 0 Å². The molecule has 0 radical (unpaired) electrons. The van der Waals surface area contributed by atoms with Crippen molar-refractivity contribution in [1.29, 1.82) is 0 Å². The van der Waals surface area contributed by atoms with Crippen LogP contribution in [0.3, 0.4) is 0 Å². The molecule has 3 aromatic carbocycles. The number of hydrogen-bond acceptors (Lipinski definition) is 3. The molecule has 0 spiro atoms. The molecule has 4 heteroatoms. The molecule has 0 saturated carbocycles. The first-order valence-electron chi connectivity index (χ1n) is 9.05. The quantitative estimate of drug-likeness (QED) is 0.520. The first kappa shape index (κ1) is 17.1. The van der Waals surface area contributed by atoms with Gasteiger partial charge in [-0.3, -0.25) is 9.59 Å². The van der Waals surface area contributed by atoms with Crippen LogP contribution < -0.4 is 0 Å². The number of carbonyl (C=O) groups is 2. The highest BCUT2D eigenvalue weighted by atomic mass is 79.9. The normalized spacial score (nSPS) is 20.0. The molecule has 0 N–H and O–H groups in total. The van der Waals surface area contributed by atoms with Gasteiger partial charge in [0.15, 0.2) is 11.9 Å². The lowest BCUT2D eigenvalue weighted by atomic mass is 9.83. The number of benzene rings is 3. The van der Waals surface area contributed by atoms with Crippen LogP contribution in [0.2, 0.25) is 0 Å². The molecule has 0 unspecified atom stereocenters. The van der Waals surface area contributed by atoms with Crippen molar-refractivity contribution in [1.82, 2.24) is 0 Å². The lowest BCUT2D eigenvalue weighted by molar-refractivity contribution is 0.0750. The summed E-state index contributed by atoms with van der Waals surface area (Å²) in [7, 11) is 0. The van der Waals surface area contributed by atoms with Crippen LogP contribution in [0, 0.1) is 0 Å². The molecule has 3 aromatic rings. The maximum Gasteiger partial charge on any atom is 0.204 e. The Bertz CT molecular complexity index is 1150. The van der Waals surface area contributed by atoms with Gasteiger partial charge in [-0.25, -0.2) is 0 Å². The van der Waals surface area contributed by atoms with Gasteiger partial charge < -0.3 is 4.74 Å². The monoisotopic (exact) mass is 430 g/mol. The predicted molar refractivity (Wildman–Crippen MR) is 110 cm³/mol. The first-order chi connectivity index (χ1) is 13.7. The third-order valence-corrected chi connectivity index (χ3v) is 6.04. The Morgan fingerprint density at radius 1 is 0.821 bits per heavy atom. The minimum absolute atomic E-state index is 0.0604. The van der Waals surface area contributed by atoms with Gasteiger partial charge in [0, 0.05) is 21.2 Å². The number of Topliss-reactive ketones (excluding diaryl/α,β-unsaturated/α-hetero) is 2. The molecule has 0 bridgehead atoms. The Morgan fingerprint density at radius 2 is 1.46 bits per heavy atom. The molecule has 136 valence electrons. The fourth-order valence-corrected chi connectivity index (χ4v) is 4.58. The predicted octanol–water partition coefficient (Wildman–Crippen LogP) is 5.42. The van der Waals surface area contributed by atoms with Crippen molar-refractivity contribution in [2.24, 2.45) is 0 Å². The SMILES string of the molecule is O=C1C2=C(O[C@@H](C(=O)c3ccccc3)[C@@H]2c2ccccc2Br)c2ccccc21. The molecular formula is C24H15BrO3. The molecule has 0 aromatic heterocycles. The molecule has 0 amide bonds. The van der Waals surface area contributed by atoms with Crippen molar-refractivity contribution in [2.75, 3.05) is 0 Å². The summed E-state index contributed by atoms with van der Waals surface area (Å²) in [5, 5.41) is 0. The molecule has 1 heterocycles. The summed E-state index contributed by atoms with van der Waals surface area (Å²) in [5.41, 5.74) is 3.43. The van der Waals surface area contributed by atoms with Crippen molar-refractivity contribution in [2.45, 2.75) is 12.0 Å². The molecule has 2 aliphatic rings. The van der Waals surface area contributed by atoms with E-state index in [0.29, 0.717) is 22.5 Å². The van der Waals surface area contributed by atoms with Gasteiger partial charge in [-0.15, -0.1) is 0 Å². The number of hydrogen-bond donors (Lipinski definition) is 0. The van der Waals surface area contributed by atoms with Gasteiger partial charge in [0.1, 0.15) is 5.76 Å². The molecule has 5 rings (SSSR count). The van der Waals surface area contributed by atoms with Gasteiger partial charge in [-0.2, -0.15) is 0 Å². The van der Waals surface area contributed by atoms with Gasteiger partial charge in [0.05, 0.1) is 11.5 Å². The largest absolute Gasteiger partial charge is 0.480 e. The third kappa shape index (κ3) is 2.49. The Hall–Kier alpha value is -2.98. The van der Waals surface area contributed by atoms with E-state index in [0.717, 1.165) is 15.6 Å². The molecule has 1 aliphatic heterocycles. The average Bonchev–Trinajstić information content (AvgIpc) is 3.25. The third-order valence-electron chi connectivity index (χ3n) is 5.32. The van der Waals surface area contributed by atoms with Gasteiger partial charge in [0.2, 0.25) is 5.78 Å². The lowest BCUT2D eigenvalue weighted by Crippen LogP contribution is -2.29. The van der Waals surface area contributed by atoms with Crippen LogP contribution in [0.1, 0.15) is 37.8 Å². The Balaban J connectivity index is 1.67. The van der Waals surface area contributed by atoms with E-state index in [1.807, 2.05) is 66.7 Å². The second-order valence-corrected chi connectivity index (χ2v) is 7.74. The molecule has 2 atom stereocenters. The summed E-state index contributed by atoms with van der Waals surface area (Å²) in [6, 6.07) is 24.2. The number of fused-ring (bicyclic) bond motifs is 2. The van der Waals surface area contributed by atoms with Crippen molar-refractivity contribution >= 4 is 33.3 Å². The summed E-state index contributed by atoms with van der Waals surface area (Å²) in [6.45, 7) is 0. The van der Waals surface area contributed by atoms with E-state index in [1.165, 1.54) is 0 Å². The Kier molecular flexibility index (Phi) is 4.02. The fraction of sp³-hybridized carbons (Fsp3) is 0.0833. The molecule has 28 heavy (non-hydrogen) atoms. The second-order valence-electron chi connectivity index (χ2n) is 6.89. The van der Waals surface area contributed by atoms with Crippen molar-refractivity contribution in [3.05, 3.63) is 111 Å². The topological polar surface area (TPSA) is 43.4 Å². The summed E-state index contributed by atoms with van der Waals surface area (Å²) in [6.07, 6.45) is -0.775. The Morgan fingerprint density at radius 3 is 2.21 bits per heavy atom. The van der Waals surface area contributed by atoms with Crippen LogP contribution in [0.25, 0.3) is 5.76 Å². The van der Waals surface area contributed by atoms with E-state index in [9.17, 15) is 9.59 Å². The van der Waals surface area contributed by atoms with Crippen LogP contribution in [-0.2, 0) is 4.74 Å². The molecule has 0 fully saturated rings. The van der Waals surface area contributed by atoms with Gasteiger partial charge in [-0.05, 0) is 11.6 Å². The minimum Gasteiger partial charge on any atom is -0.480 e. The van der Waals surface area contributed by atoms with Gasteiger partial charge in [0.25, 0.3) is 0 Å². The fourth-order valence-electron chi connectivity index (χ4n) is 4.05. The highest BCUT2D eigenvalue weighted by molar-refractivity contribution is 9.10. The highest BCUT2D eigenvalue weighted by Gasteiger charge is 2.49. The Labute approximate surface area is 170 Å². The van der Waals surface area contributed by atoms with Gasteiger partial charge >= 0.3 is 0 Å². The van der Waals surface area contributed by atoms with Gasteiger partial charge in [-0.1, -0.05) is 88.7 Å². The van der Waals surface area contributed by atoms with Crippen LogP contribution in [0.5, 0.6) is 0 Å². The number of halogens is 1. The second kappa shape index (κ2) is 6.57. The smallest absolute Gasteiger partial charge is 0.204 e. The maximum atomic E-state index is 13.3. The van der Waals surface area contributed by atoms with Crippen LogP contribution >= 0.6 is 15.9 Å². The van der Waals surface area contributed by atoms with Crippen LogP contribution in [0.4, 0.5) is 0 Å². The van der Waals surface area contributed by atoms with E-state index in [-0.39, 0.29) is 11.6 Å². The number of ether oxygens (including phenoxy) is 1. The summed E-state index contributed by atoms with van der Waals surface area (Å²) < 4.78 is 7.06. The minimum atomic E-state index is -0.775. The van der Waals surface area contributed by atoms with Crippen LogP contribution in [0.15, 0.2) is 88.9 Å². The summed E-state index contributed by atoms with van der Waals surface area (Å²) in [5.74, 6) is -0.107. The van der Waals surface area contributed by atoms with E-state index in [2.05, 4.69) is 15.9 Å². The number of rotatable bonds is 3. The summed E-state index contributed by atoms with van der Waals surface area (Å²) >= 11 is 3.59. The standard InChI is InChI=1S/C24H15BrO3/c25-18-13-7-6-12-17(18)19-20-22(27)15-10-4-5-11-16(15)23(20)28-24(19)21(26)14-8-2-1-3-9-14/h1-13,19,24H/t19-,24-/m1/s1. The van der Waals surface area contributed by atoms with E-state index in [1.54, 1.807) is 12.1 Å². The number of ketones is 2. The zero-order valence-electron chi connectivity index (χ0n) is 14.8. The van der Waals surface area contributed by atoms with Crippen LogP contribution in [-0.4, -0.2) is 17.7 Å². The molecule has 0 saturated heterocycles. The zero-order chi connectivity index (χ0) is 19.3. The summed E-state index contributed by atoms with van der Waals surface area (Å²) in [4.78, 5) is 26.5. The molecule has 1 aliphatic carbocycles. The van der Waals surface area contributed by atoms with E-state index >= 15 is 0 Å². The average molecular weight is 431 g/mol. The van der Waals surface area contributed by atoms with Crippen molar-refractivity contribution in [3.8, 4) is 0 Å². The van der Waals surface area contributed by atoms with E-state index in [4.69, 9.17) is 4.74 Å². The lowest BCUT2D eigenvalue weighted by Gasteiger charge is -2.22. The molecule has 3 nitrogen and oxygen atoms in total. The van der Waals surface area contributed by atoms with Crippen molar-refractivity contribution < 1.29 is 14.3 Å².